The molecule has 1 heterocycles. The molecule has 0 radical (unpaired) electrons. The Morgan fingerprint density at radius 2 is 2.00 bits per heavy atom. The second-order valence-corrected chi connectivity index (χ2v) is 6.86. The Balaban J connectivity index is 1.81. The lowest BCUT2D eigenvalue weighted by atomic mass is 10.0. The highest BCUT2D eigenvalue weighted by atomic mass is 32.2. The number of nitrogens with one attached hydrogen (secondary N) is 1. The molecule has 1 N–H and O–H groups in total. The number of nitriles is 1. The summed E-state index contributed by atoms with van der Waals surface area (Å²) in [6.07, 6.45) is 0. The molecule has 2 aromatic carbocycles. The number of pyridine rings is 1. The molecule has 4 nitrogen and oxygen atoms in total. The van der Waals surface area contributed by atoms with Gasteiger partial charge in [0.25, 0.3) is 0 Å². The van der Waals surface area contributed by atoms with Gasteiger partial charge in [-0.2, -0.15) is 5.26 Å². The minimum absolute atomic E-state index is 0.0779. The predicted molar refractivity (Wildman–Crippen MR) is 102 cm³/mol. The summed E-state index contributed by atoms with van der Waals surface area (Å²) in [5.74, 6) is -0.620. The maximum atomic E-state index is 13.2. The highest BCUT2D eigenvalue weighted by Crippen LogP contribution is 2.28. The summed E-state index contributed by atoms with van der Waals surface area (Å²) in [6, 6.07) is 13.7. The Kier molecular flexibility index (Phi) is 5.19. The molecule has 130 valence electrons. The summed E-state index contributed by atoms with van der Waals surface area (Å²) in [5.41, 5.74) is 3.73. The second-order valence-electron chi connectivity index (χ2n) is 5.90. The van der Waals surface area contributed by atoms with Crippen LogP contribution in [-0.2, 0) is 4.79 Å². The Labute approximate surface area is 155 Å². The van der Waals surface area contributed by atoms with Crippen LogP contribution in [-0.4, -0.2) is 16.6 Å². The van der Waals surface area contributed by atoms with Crippen LogP contribution in [0.2, 0.25) is 0 Å². The molecule has 0 saturated carbocycles. The van der Waals surface area contributed by atoms with Crippen LogP contribution >= 0.6 is 11.8 Å². The van der Waals surface area contributed by atoms with E-state index in [4.69, 9.17) is 0 Å². The van der Waals surface area contributed by atoms with Crippen molar-refractivity contribution in [3.8, 4) is 6.07 Å². The average molecular weight is 365 g/mol. The summed E-state index contributed by atoms with van der Waals surface area (Å²) >= 11 is 1.19. The number of rotatable bonds is 4. The molecule has 0 bridgehead atoms. The molecule has 0 aliphatic carbocycles. The van der Waals surface area contributed by atoms with Gasteiger partial charge < -0.3 is 5.32 Å². The van der Waals surface area contributed by atoms with Gasteiger partial charge >= 0.3 is 0 Å². The second kappa shape index (κ2) is 7.54. The first-order chi connectivity index (χ1) is 12.5. The number of anilines is 1. The zero-order valence-corrected chi connectivity index (χ0v) is 15.2. The van der Waals surface area contributed by atoms with E-state index in [1.165, 1.54) is 30.0 Å². The first-order valence-electron chi connectivity index (χ1n) is 7.97. The Morgan fingerprint density at radius 1 is 1.23 bits per heavy atom. The van der Waals surface area contributed by atoms with Crippen LogP contribution in [0.3, 0.4) is 0 Å². The molecule has 6 heteroatoms. The molecule has 1 aromatic heterocycles. The van der Waals surface area contributed by atoms with Crippen LogP contribution < -0.4 is 5.32 Å². The largest absolute Gasteiger partial charge is 0.325 e. The predicted octanol–water partition coefficient (Wildman–Crippen LogP) is 4.59. The highest BCUT2D eigenvalue weighted by molar-refractivity contribution is 8.00. The number of nitrogens with zero attached hydrogens (tertiary/aromatic N) is 2. The van der Waals surface area contributed by atoms with E-state index in [1.54, 1.807) is 6.07 Å². The van der Waals surface area contributed by atoms with E-state index >= 15 is 0 Å². The van der Waals surface area contributed by atoms with E-state index in [0.717, 1.165) is 22.0 Å². The van der Waals surface area contributed by atoms with Crippen molar-refractivity contribution < 1.29 is 9.18 Å². The molecule has 26 heavy (non-hydrogen) atoms. The van der Waals surface area contributed by atoms with Crippen molar-refractivity contribution in [3.05, 3.63) is 65.0 Å². The standard InChI is InChI=1S/C20H16FN3OS/c1-12-6-7-13(2)19-17(12)8-14(10-22)20(24-19)26-11-18(25)23-16-5-3-4-15(21)9-16/h3-9H,11H2,1-2H3,(H,23,25). The number of halogens is 1. The van der Waals surface area contributed by atoms with Crippen LogP contribution in [0.1, 0.15) is 16.7 Å². The van der Waals surface area contributed by atoms with Crippen LogP contribution in [0.25, 0.3) is 10.9 Å². The summed E-state index contributed by atoms with van der Waals surface area (Å²) in [6.45, 7) is 3.94. The van der Waals surface area contributed by atoms with Gasteiger partial charge in [0.15, 0.2) is 0 Å². The van der Waals surface area contributed by atoms with Crippen molar-refractivity contribution in [2.75, 3.05) is 11.1 Å². The SMILES string of the molecule is Cc1ccc(C)c2nc(SCC(=O)Nc3cccc(F)c3)c(C#N)cc12. The van der Waals surface area contributed by atoms with Crippen molar-refractivity contribution in [2.45, 2.75) is 18.9 Å². The number of carbonyl (C=O) groups excluding carboxylic acids is 1. The molecule has 0 aliphatic rings. The van der Waals surface area contributed by atoms with Crippen LogP contribution in [0.4, 0.5) is 10.1 Å². The van der Waals surface area contributed by atoms with E-state index in [2.05, 4.69) is 16.4 Å². The van der Waals surface area contributed by atoms with Gasteiger partial charge in [-0.3, -0.25) is 4.79 Å². The minimum Gasteiger partial charge on any atom is -0.325 e. The summed E-state index contributed by atoms with van der Waals surface area (Å²) in [4.78, 5) is 16.7. The number of carbonyl (C=O) groups is 1. The Bertz CT molecular complexity index is 1040. The van der Waals surface area contributed by atoms with Gasteiger partial charge in [0.05, 0.1) is 16.8 Å². The normalized spacial score (nSPS) is 10.5. The van der Waals surface area contributed by atoms with Crippen molar-refractivity contribution in [3.63, 3.8) is 0 Å². The van der Waals surface area contributed by atoms with E-state index in [9.17, 15) is 14.4 Å². The average Bonchev–Trinajstić information content (AvgIpc) is 2.62. The Morgan fingerprint density at radius 3 is 2.73 bits per heavy atom. The topological polar surface area (TPSA) is 65.8 Å². The van der Waals surface area contributed by atoms with E-state index in [0.29, 0.717) is 16.3 Å². The lowest BCUT2D eigenvalue weighted by molar-refractivity contribution is -0.113. The third-order valence-corrected chi connectivity index (χ3v) is 4.93. The van der Waals surface area contributed by atoms with Gasteiger partial charge in [-0.25, -0.2) is 9.37 Å². The molecular weight excluding hydrogens is 349 g/mol. The number of benzene rings is 2. The number of amides is 1. The molecule has 3 rings (SSSR count). The van der Waals surface area contributed by atoms with E-state index in [-0.39, 0.29) is 11.7 Å². The van der Waals surface area contributed by atoms with Gasteiger partial charge in [0, 0.05) is 11.1 Å². The number of fused-ring (bicyclic) bond motifs is 1. The molecule has 0 atom stereocenters. The van der Waals surface area contributed by atoms with Gasteiger partial charge in [0.2, 0.25) is 5.91 Å². The Hall–Kier alpha value is -2.91. The monoisotopic (exact) mass is 365 g/mol. The third-order valence-electron chi connectivity index (χ3n) is 3.94. The first-order valence-corrected chi connectivity index (χ1v) is 8.96. The van der Waals surface area contributed by atoms with Crippen molar-refractivity contribution in [2.24, 2.45) is 0 Å². The van der Waals surface area contributed by atoms with E-state index < -0.39 is 5.82 Å². The molecule has 1 amide bonds. The van der Waals surface area contributed by atoms with Crippen molar-refractivity contribution >= 4 is 34.3 Å². The first kappa shape index (κ1) is 17.9. The molecular formula is C20H16FN3OS. The number of aromatic nitrogens is 1. The zero-order chi connectivity index (χ0) is 18.7. The van der Waals surface area contributed by atoms with Gasteiger partial charge in [-0.15, -0.1) is 0 Å². The minimum atomic E-state index is -0.413. The van der Waals surface area contributed by atoms with Gasteiger partial charge in [-0.1, -0.05) is 30.0 Å². The molecule has 0 unspecified atom stereocenters. The number of hydrogen-bond donors (Lipinski definition) is 1. The van der Waals surface area contributed by atoms with Crippen molar-refractivity contribution in [1.29, 1.82) is 5.26 Å². The molecule has 0 saturated heterocycles. The van der Waals surface area contributed by atoms with Gasteiger partial charge in [0.1, 0.15) is 16.9 Å². The van der Waals surface area contributed by atoms with E-state index in [1.807, 2.05) is 32.0 Å². The summed E-state index contributed by atoms with van der Waals surface area (Å²) in [7, 11) is 0. The van der Waals surface area contributed by atoms with Crippen LogP contribution in [0, 0.1) is 31.0 Å². The molecule has 0 aliphatic heterocycles. The summed E-state index contributed by atoms with van der Waals surface area (Å²) < 4.78 is 13.2. The quantitative estimate of drug-likeness (QED) is 0.687. The molecule has 0 spiro atoms. The molecule has 3 aromatic rings. The maximum absolute atomic E-state index is 13.2. The number of hydrogen-bond acceptors (Lipinski definition) is 4. The van der Waals surface area contributed by atoms with Crippen molar-refractivity contribution in [1.82, 2.24) is 4.98 Å². The fourth-order valence-electron chi connectivity index (χ4n) is 2.60. The number of thioether (sulfide) groups is 1. The smallest absolute Gasteiger partial charge is 0.234 e. The fourth-order valence-corrected chi connectivity index (χ4v) is 3.36. The molecule has 0 fully saturated rings. The number of aryl methyl sites for hydroxylation is 2. The summed E-state index contributed by atoms with van der Waals surface area (Å²) in [5, 5.41) is 13.5. The van der Waals surface area contributed by atoms with Gasteiger partial charge in [-0.05, 0) is 49.2 Å². The van der Waals surface area contributed by atoms with Crippen LogP contribution in [0.5, 0.6) is 0 Å². The maximum Gasteiger partial charge on any atom is 0.234 e. The highest BCUT2D eigenvalue weighted by Gasteiger charge is 2.12. The third kappa shape index (κ3) is 3.84. The zero-order valence-electron chi connectivity index (χ0n) is 14.3. The fraction of sp³-hybridized carbons (Fsp3) is 0.150. The van der Waals surface area contributed by atoms with Crippen LogP contribution in [0.15, 0.2) is 47.5 Å². The lowest BCUT2D eigenvalue weighted by Gasteiger charge is -2.10. The lowest BCUT2D eigenvalue weighted by Crippen LogP contribution is -2.14.